The number of H-pyrrole nitrogens is 1. The zero-order chi connectivity index (χ0) is 13.4. The van der Waals surface area contributed by atoms with Gasteiger partial charge in [-0.1, -0.05) is 6.42 Å². The van der Waals surface area contributed by atoms with Crippen LogP contribution in [0.3, 0.4) is 0 Å². The fraction of sp³-hybridized carbons (Fsp3) is 0.417. The predicted molar refractivity (Wildman–Crippen MR) is 65.5 cm³/mol. The molecule has 18 heavy (non-hydrogen) atoms. The van der Waals surface area contributed by atoms with Crippen molar-refractivity contribution in [3.05, 3.63) is 34.2 Å². The number of carbonyl (C=O) groups is 2. The van der Waals surface area contributed by atoms with E-state index in [0.717, 1.165) is 12.8 Å². The number of aromatic nitrogens is 1. The highest BCUT2D eigenvalue weighted by Gasteiger charge is 2.04. The van der Waals surface area contributed by atoms with Gasteiger partial charge in [-0.15, -0.1) is 0 Å². The molecule has 0 unspecified atom stereocenters. The third-order valence-corrected chi connectivity index (χ3v) is 2.39. The van der Waals surface area contributed by atoms with E-state index in [1.807, 2.05) is 0 Å². The third kappa shape index (κ3) is 5.29. The highest BCUT2D eigenvalue weighted by Crippen LogP contribution is 1.99. The van der Waals surface area contributed by atoms with Crippen LogP contribution in [0.15, 0.2) is 23.1 Å². The molecule has 1 rings (SSSR count). The molecule has 1 aromatic rings. The summed E-state index contributed by atoms with van der Waals surface area (Å²) < 4.78 is 0. The molecule has 3 N–H and O–H groups in total. The van der Waals surface area contributed by atoms with Crippen LogP contribution in [0.25, 0.3) is 0 Å². The molecule has 0 atom stereocenters. The molecule has 98 valence electrons. The quantitative estimate of drug-likeness (QED) is 0.623. The van der Waals surface area contributed by atoms with Crippen LogP contribution in [0.2, 0.25) is 0 Å². The van der Waals surface area contributed by atoms with Gasteiger partial charge in [-0.2, -0.15) is 0 Å². The van der Waals surface area contributed by atoms with E-state index in [2.05, 4.69) is 10.3 Å². The van der Waals surface area contributed by atoms with E-state index in [0.29, 0.717) is 18.5 Å². The van der Waals surface area contributed by atoms with E-state index >= 15 is 0 Å². The second-order valence-electron chi connectivity index (χ2n) is 3.90. The van der Waals surface area contributed by atoms with Crippen LogP contribution in [-0.4, -0.2) is 28.5 Å². The summed E-state index contributed by atoms with van der Waals surface area (Å²) in [5.74, 6) is -1.10. The van der Waals surface area contributed by atoms with Crippen molar-refractivity contribution in [1.29, 1.82) is 0 Å². The number of carbonyl (C=O) groups excluding carboxylic acids is 1. The van der Waals surface area contributed by atoms with Gasteiger partial charge in [-0.25, -0.2) is 0 Å². The zero-order valence-corrected chi connectivity index (χ0v) is 9.94. The summed E-state index contributed by atoms with van der Waals surface area (Å²) >= 11 is 0. The Hall–Kier alpha value is -2.11. The number of unbranched alkanes of at least 4 members (excludes halogenated alkanes) is 2. The largest absolute Gasteiger partial charge is 0.481 e. The second-order valence-corrected chi connectivity index (χ2v) is 3.90. The number of carboxylic acid groups (broad SMARTS) is 1. The average molecular weight is 252 g/mol. The van der Waals surface area contributed by atoms with Crippen LogP contribution in [0.5, 0.6) is 0 Å². The van der Waals surface area contributed by atoms with Crippen molar-refractivity contribution in [2.75, 3.05) is 6.54 Å². The first-order valence-corrected chi connectivity index (χ1v) is 5.78. The lowest BCUT2D eigenvalue weighted by atomic mass is 10.2. The maximum absolute atomic E-state index is 11.6. The number of amides is 1. The van der Waals surface area contributed by atoms with Crippen LogP contribution in [0.4, 0.5) is 0 Å². The van der Waals surface area contributed by atoms with E-state index in [-0.39, 0.29) is 17.9 Å². The monoisotopic (exact) mass is 252 g/mol. The molecule has 0 bridgehead atoms. The van der Waals surface area contributed by atoms with Crippen molar-refractivity contribution in [3.8, 4) is 0 Å². The molecule has 6 nitrogen and oxygen atoms in total. The number of aliphatic carboxylic acids is 1. The van der Waals surface area contributed by atoms with Crippen molar-refractivity contribution < 1.29 is 14.7 Å². The molecule has 1 amide bonds. The SMILES string of the molecule is O=C(O)CCCCCNC(=O)c1cc[nH]c(=O)c1. The highest BCUT2D eigenvalue weighted by atomic mass is 16.4. The minimum atomic E-state index is -0.803. The van der Waals surface area contributed by atoms with E-state index in [9.17, 15) is 14.4 Å². The van der Waals surface area contributed by atoms with Crippen molar-refractivity contribution >= 4 is 11.9 Å². The van der Waals surface area contributed by atoms with Gasteiger partial charge < -0.3 is 15.4 Å². The van der Waals surface area contributed by atoms with Gasteiger partial charge in [-0.3, -0.25) is 14.4 Å². The molecule has 0 aliphatic rings. The number of hydrogen-bond donors (Lipinski definition) is 3. The van der Waals surface area contributed by atoms with Gasteiger partial charge in [0.25, 0.3) is 5.91 Å². The molecule has 6 heteroatoms. The summed E-state index contributed by atoms with van der Waals surface area (Å²) in [6, 6.07) is 2.76. The first-order chi connectivity index (χ1) is 8.59. The molecule has 0 aliphatic heterocycles. The molecule has 0 aromatic carbocycles. The lowest BCUT2D eigenvalue weighted by Crippen LogP contribution is -2.25. The van der Waals surface area contributed by atoms with Crippen molar-refractivity contribution in [2.24, 2.45) is 0 Å². The number of rotatable bonds is 7. The Morgan fingerprint density at radius 3 is 2.72 bits per heavy atom. The molecular weight excluding hydrogens is 236 g/mol. The number of hydrogen-bond acceptors (Lipinski definition) is 3. The standard InChI is InChI=1S/C12H16N2O4/c15-10-8-9(5-7-13-10)12(18)14-6-3-1-2-4-11(16)17/h5,7-8H,1-4,6H2,(H,13,15)(H,14,18)(H,16,17). The first kappa shape index (κ1) is 14.0. The topological polar surface area (TPSA) is 99.3 Å². The van der Waals surface area contributed by atoms with Gasteiger partial charge in [0.05, 0.1) is 0 Å². The molecule has 0 radical (unpaired) electrons. The summed E-state index contributed by atoms with van der Waals surface area (Å²) in [6.45, 7) is 0.477. The molecular formula is C12H16N2O4. The Kier molecular flexibility index (Phi) is 5.63. The molecule has 0 aliphatic carbocycles. The summed E-state index contributed by atoms with van der Waals surface area (Å²) in [6.07, 6.45) is 3.66. The predicted octanol–water partition coefficient (Wildman–Crippen LogP) is 0.750. The molecule has 1 heterocycles. The lowest BCUT2D eigenvalue weighted by molar-refractivity contribution is -0.137. The van der Waals surface area contributed by atoms with E-state index in [4.69, 9.17) is 5.11 Å². The van der Waals surface area contributed by atoms with Crippen molar-refractivity contribution in [1.82, 2.24) is 10.3 Å². The highest BCUT2D eigenvalue weighted by molar-refractivity contribution is 5.93. The first-order valence-electron chi connectivity index (χ1n) is 5.78. The smallest absolute Gasteiger partial charge is 0.303 e. The molecule has 1 aromatic heterocycles. The second kappa shape index (κ2) is 7.26. The van der Waals surface area contributed by atoms with E-state index in [1.54, 1.807) is 0 Å². The lowest BCUT2D eigenvalue weighted by Gasteiger charge is -2.04. The molecule has 0 spiro atoms. The summed E-state index contributed by atoms with van der Waals surface area (Å²) in [5.41, 5.74) is 0.00777. The molecule has 0 saturated heterocycles. The van der Waals surface area contributed by atoms with Crippen LogP contribution in [0.1, 0.15) is 36.0 Å². The average Bonchev–Trinajstić information content (AvgIpc) is 2.33. The fourth-order valence-electron chi connectivity index (χ4n) is 1.47. The minimum absolute atomic E-state index is 0.155. The normalized spacial score (nSPS) is 10.0. The van der Waals surface area contributed by atoms with Gasteiger partial charge in [0.2, 0.25) is 5.56 Å². The Balaban J connectivity index is 2.22. The number of carboxylic acids is 1. The Morgan fingerprint density at radius 1 is 1.28 bits per heavy atom. The number of nitrogens with one attached hydrogen (secondary N) is 2. The minimum Gasteiger partial charge on any atom is -0.481 e. The number of aromatic amines is 1. The van der Waals surface area contributed by atoms with E-state index < -0.39 is 5.97 Å². The Labute approximate surface area is 104 Å². The van der Waals surface area contributed by atoms with Gasteiger partial charge in [-0.05, 0) is 18.9 Å². The maximum Gasteiger partial charge on any atom is 0.303 e. The Morgan fingerprint density at radius 2 is 2.06 bits per heavy atom. The maximum atomic E-state index is 11.6. The number of pyridine rings is 1. The molecule has 0 saturated carbocycles. The van der Waals surface area contributed by atoms with Crippen LogP contribution < -0.4 is 10.9 Å². The molecule has 0 fully saturated rings. The summed E-state index contributed by atoms with van der Waals surface area (Å²) in [7, 11) is 0. The third-order valence-electron chi connectivity index (χ3n) is 2.39. The zero-order valence-electron chi connectivity index (χ0n) is 9.94. The van der Waals surface area contributed by atoms with Crippen molar-refractivity contribution in [3.63, 3.8) is 0 Å². The summed E-state index contributed by atoms with van der Waals surface area (Å²) in [4.78, 5) is 35.2. The van der Waals surface area contributed by atoms with Crippen molar-refractivity contribution in [2.45, 2.75) is 25.7 Å². The summed E-state index contributed by atoms with van der Waals surface area (Å²) in [5, 5.41) is 11.1. The van der Waals surface area contributed by atoms with Gasteiger partial charge in [0.15, 0.2) is 0 Å². The van der Waals surface area contributed by atoms with Gasteiger partial charge in [0, 0.05) is 30.8 Å². The van der Waals surface area contributed by atoms with Gasteiger partial charge >= 0.3 is 5.97 Å². The van der Waals surface area contributed by atoms with Gasteiger partial charge in [0.1, 0.15) is 0 Å². The van der Waals surface area contributed by atoms with Crippen LogP contribution in [-0.2, 0) is 4.79 Å². The van der Waals surface area contributed by atoms with E-state index in [1.165, 1.54) is 18.3 Å². The van der Waals surface area contributed by atoms with Crippen LogP contribution >= 0.6 is 0 Å². The Bertz CT molecular complexity index is 467. The fourth-order valence-corrected chi connectivity index (χ4v) is 1.47. The van der Waals surface area contributed by atoms with Crippen LogP contribution in [0, 0.1) is 0 Å².